The Morgan fingerprint density at radius 1 is 1.03 bits per heavy atom. The third-order valence-electron chi connectivity index (χ3n) is 5.66. The molecule has 1 amide bonds. The lowest BCUT2D eigenvalue weighted by Gasteiger charge is -2.32. The number of amides is 1. The molecule has 5 heteroatoms. The molecule has 2 heterocycles. The third-order valence-corrected chi connectivity index (χ3v) is 5.89. The van der Waals surface area contributed by atoms with Crippen molar-refractivity contribution in [2.24, 2.45) is 5.92 Å². The van der Waals surface area contributed by atoms with Crippen LogP contribution in [0.25, 0.3) is 0 Å². The average Bonchev–Trinajstić information content (AvgIpc) is 2.76. The molecule has 3 aromatic rings. The van der Waals surface area contributed by atoms with E-state index in [4.69, 9.17) is 11.6 Å². The number of rotatable bonds is 6. The molecule has 4 nitrogen and oxygen atoms in total. The predicted octanol–water partition coefficient (Wildman–Crippen LogP) is 5.44. The van der Waals surface area contributed by atoms with E-state index in [0.29, 0.717) is 22.2 Å². The SMILES string of the molecule is O=C(Nc1cccc(Cl)c1)c1cccnc1CC1CCN(Cc2ccccc2)CC1. The maximum Gasteiger partial charge on any atom is 0.257 e. The van der Waals surface area contributed by atoms with Gasteiger partial charge in [0.2, 0.25) is 0 Å². The summed E-state index contributed by atoms with van der Waals surface area (Å²) in [5.74, 6) is 0.409. The molecule has 0 spiro atoms. The molecule has 1 saturated heterocycles. The minimum Gasteiger partial charge on any atom is -0.322 e. The molecule has 0 unspecified atom stereocenters. The van der Waals surface area contributed by atoms with Gasteiger partial charge in [-0.3, -0.25) is 14.7 Å². The first-order valence-electron chi connectivity index (χ1n) is 10.4. The number of benzene rings is 2. The van der Waals surface area contributed by atoms with Gasteiger partial charge in [0, 0.05) is 23.5 Å². The second kappa shape index (κ2) is 9.88. The number of carbonyl (C=O) groups is 1. The van der Waals surface area contributed by atoms with Gasteiger partial charge in [-0.1, -0.05) is 48.0 Å². The minimum atomic E-state index is -0.137. The van der Waals surface area contributed by atoms with Crippen LogP contribution in [0.4, 0.5) is 5.69 Å². The number of anilines is 1. The highest BCUT2D eigenvalue weighted by Gasteiger charge is 2.22. The molecule has 4 rings (SSSR count). The van der Waals surface area contributed by atoms with Gasteiger partial charge in [-0.15, -0.1) is 0 Å². The van der Waals surface area contributed by atoms with E-state index in [1.54, 1.807) is 18.3 Å². The molecule has 0 aliphatic carbocycles. The summed E-state index contributed by atoms with van der Waals surface area (Å²) in [7, 11) is 0. The Hall–Kier alpha value is -2.69. The smallest absolute Gasteiger partial charge is 0.257 e. The zero-order valence-corrected chi connectivity index (χ0v) is 17.7. The van der Waals surface area contributed by atoms with Crippen molar-refractivity contribution in [3.8, 4) is 0 Å². The van der Waals surface area contributed by atoms with Crippen molar-refractivity contribution in [2.75, 3.05) is 18.4 Å². The summed E-state index contributed by atoms with van der Waals surface area (Å²) in [6.45, 7) is 3.16. The quantitative estimate of drug-likeness (QED) is 0.578. The number of nitrogens with one attached hydrogen (secondary N) is 1. The Balaban J connectivity index is 1.36. The molecule has 1 aromatic heterocycles. The Labute approximate surface area is 182 Å². The minimum absolute atomic E-state index is 0.137. The van der Waals surface area contributed by atoms with Crippen LogP contribution in [-0.4, -0.2) is 28.9 Å². The first-order valence-corrected chi connectivity index (χ1v) is 10.8. The number of pyridine rings is 1. The maximum absolute atomic E-state index is 12.8. The van der Waals surface area contributed by atoms with Crippen LogP contribution < -0.4 is 5.32 Å². The molecule has 1 aliphatic rings. The maximum atomic E-state index is 12.8. The summed E-state index contributed by atoms with van der Waals surface area (Å²) in [4.78, 5) is 19.9. The standard InChI is InChI=1S/C25H26ClN3O/c26-21-8-4-9-22(17-21)28-25(30)23-10-5-13-27-24(23)16-19-11-14-29(15-12-19)18-20-6-2-1-3-7-20/h1-10,13,17,19H,11-12,14-16,18H2,(H,28,30). The molecule has 1 N–H and O–H groups in total. The number of halogens is 1. The Morgan fingerprint density at radius 3 is 2.60 bits per heavy atom. The van der Waals surface area contributed by atoms with Gasteiger partial charge in [-0.25, -0.2) is 0 Å². The van der Waals surface area contributed by atoms with Crippen molar-refractivity contribution >= 4 is 23.2 Å². The van der Waals surface area contributed by atoms with Crippen molar-refractivity contribution in [3.05, 3.63) is 94.8 Å². The van der Waals surface area contributed by atoms with E-state index in [0.717, 1.165) is 44.6 Å². The summed E-state index contributed by atoms with van der Waals surface area (Å²) in [6, 6.07) is 21.5. The van der Waals surface area contributed by atoms with Crippen LogP contribution in [0.1, 0.15) is 34.5 Å². The van der Waals surface area contributed by atoms with Gasteiger partial charge in [0.25, 0.3) is 5.91 Å². The number of nitrogens with zero attached hydrogens (tertiary/aromatic N) is 2. The normalized spacial score (nSPS) is 15.1. The van der Waals surface area contributed by atoms with Crippen molar-refractivity contribution in [3.63, 3.8) is 0 Å². The van der Waals surface area contributed by atoms with Gasteiger partial charge in [-0.05, 0) is 74.2 Å². The highest BCUT2D eigenvalue weighted by Crippen LogP contribution is 2.24. The Bertz CT molecular complexity index is 984. The number of likely N-dealkylation sites (tertiary alicyclic amines) is 1. The van der Waals surface area contributed by atoms with Crippen molar-refractivity contribution in [1.29, 1.82) is 0 Å². The van der Waals surface area contributed by atoms with E-state index in [-0.39, 0.29) is 5.91 Å². The number of piperidine rings is 1. The molecular formula is C25H26ClN3O. The van der Waals surface area contributed by atoms with Gasteiger partial charge in [0.05, 0.1) is 11.3 Å². The lowest BCUT2D eigenvalue weighted by Crippen LogP contribution is -2.34. The molecule has 0 atom stereocenters. The van der Waals surface area contributed by atoms with Gasteiger partial charge >= 0.3 is 0 Å². The molecule has 0 saturated carbocycles. The van der Waals surface area contributed by atoms with Crippen LogP contribution in [-0.2, 0) is 13.0 Å². The van der Waals surface area contributed by atoms with Gasteiger partial charge in [0.1, 0.15) is 0 Å². The molecule has 0 radical (unpaired) electrons. The highest BCUT2D eigenvalue weighted by atomic mass is 35.5. The summed E-state index contributed by atoms with van der Waals surface area (Å²) < 4.78 is 0. The van der Waals surface area contributed by atoms with Crippen LogP contribution in [0.3, 0.4) is 0 Å². The largest absolute Gasteiger partial charge is 0.322 e. The van der Waals surface area contributed by atoms with Gasteiger partial charge in [0.15, 0.2) is 0 Å². The van der Waals surface area contributed by atoms with E-state index in [9.17, 15) is 4.79 Å². The zero-order chi connectivity index (χ0) is 20.8. The first-order chi connectivity index (χ1) is 14.7. The second-order valence-corrected chi connectivity index (χ2v) is 8.31. The molecular weight excluding hydrogens is 394 g/mol. The average molecular weight is 420 g/mol. The Kier molecular flexibility index (Phi) is 6.77. The topological polar surface area (TPSA) is 45.2 Å². The molecule has 1 aliphatic heterocycles. The summed E-state index contributed by atoms with van der Waals surface area (Å²) in [5, 5.41) is 3.54. The van der Waals surface area contributed by atoms with E-state index in [2.05, 4.69) is 45.5 Å². The van der Waals surface area contributed by atoms with Gasteiger partial charge < -0.3 is 5.32 Å². The number of aromatic nitrogens is 1. The molecule has 30 heavy (non-hydrogen) atoms. The van der Waals surface area contributed by atoms with Crippen LogP contribution in [0.15, 0.2) is 72.9 Å². The number of hydrogen-bond donors (Lipinski definition) is 1. The van der Waals surface area contributed by atoms with Crippen LogP contribution >= 0.6 is 11.6 Å². The predicted molar refractivity (Wildman–Crippen MR) is 122 cm³/mol. The van der Waals surface area contributed by atoms with Crippen molar-refractivity contribution < 1.29 is 4.79 Å². The lowest BCUT2D eigenvalue weighted by atomic mass is 9.90. The van der Waals surface area contributed by atoms with E-state index in [1.165, 1.54) is 5.56 Å². The third kappa shape index (κ3) is 5.47. The lowest BCUT2D eigenvalue weighted by molar-refractivity contribution is 0.102. The van der Waals surface area contributed by atoms with Gasteiger partial charge in [-0.2, -0.15) is 0 Å². The van der Waals surface area contributed by atoms with E-state index < -0.39 is 0 Å². The van der Waals surface area contributed by atoms with Crippen molar-refractivity contribution in [2.45, 2.75) is 25.8 Å². The number of carbonyl (C=O) groups excluding carboxylic acids is 1. The monoisotopic (exact) mass is 419 g/mol. The second-order valence-electron chi connectivity index (χ2n) is 7.87. The van der Waals surface area contributed by atoms with Crippen LogP contribution in [0.2, 0.25) is 5.02 Å². The van der Waals surface area contributed by atoms with Crippen LogP contribution in [0, 0.1) is 5.92 Å². The first kappa shape index (κ1) is 20.6. The summed E-state index contributed by atoms with van der Waals surface area (Å²) in [6.07, 6.45) is 4.85. The molecule has 154 valence electrons. The fourth-order valence-electron chi connectivity index (χ4n) is 4.04. The molecule has 1 fully saturated rings. The Morgan fingerprint density at radius 2 is 1.83 bits per heavy atom. The highest BCUT2D eigenvalue weighted by molar-refractivity contribution is 6.31. The molecule has 0 bridgehead atoms. The van der Waals surface area contributed by atoms with E-state index in [1.807, 2.05) is 24.3 Å². The number of hydrogen-bond acceptors (Lipinski definition) is 3. The zero-order valence-electron chi connectivity index (χ0n) is 16.9. The molecule has 2 aromatic carbocycles. The summed E-state index contributed by atoms with van der Waals surface area (Å²) >= 11 is 6.03. The fraction of sp³-hybridized carbons (Fsp3) is 0.280. The summed E-state index contributed by atoms with van der Waals surface area (Å²) in [5.41, 5.74) is 3.57. The fourth-order valence-corrected chi connectivity index (χ4v) is 4.23. The van der Waals surface area contributed by atoms with E-state index >= 15 is 0 Å². The van der Waals surface area contributed by atoms with Crippen molar-refractivity contribution in [1.82, 2.24) is 9.88 Å². The van der Waals surface area contributed by atoms with Crippen LogP contribution in [0.5, 0.6) is 0 Å².